The summed E-state index contributed by atoms with van der Waals surface area (Å²) in [7, 11) is 3.27. The predicted molar refractivity (Wildman–Crippen MR) is 74.7 cm³/mol. The van der Waals surface area contributed by atoms with Crippen molar-refractivity contribution in [2.75, 3.05) is 14.2 Å². The van der Waals surface area contributed by atoms with E-state index >= 15 is 0 Å². The fraction of sp³-hybridized carbons (Fsp3) is 0.600. The summed E-state index contributed by atoms with van der Waals surface area (Å²) in [5.41, 5.74) is 1.14. The van der Waals surface area contributed by atoms with E-state index in [4.69, 9.17) is 9.47 Å². The smallest absolute Gasteiger partial charge is 0.161 e. The lowest BCUT2D eigenvalue weighted by atomic mass is 10.1. The van der Waals surface area contributed by atoms with Crippen molar-refractivity contribution in [2.24, 2.45) is 0 Å². The highest BCUT2D eigenvalue weighted by Gasteiger charge is 2.26. The molecule has 3 atom stereocenters. The van der Waals surface area contributed by atoms with E-state index in [-0.39, 0.29) is 18.2 Å². The van der Waals surface area contributed by atoms with Gasteiger partial charge in [0.2, 0.25) is 0 Å². The monoisotopic (exact) mass is 265 g/mol. The molecule has 4 nitrogen and oxygen atoms in total. The predicted octanol–water partition coefficient (Wildman–Crippen LogP) is 2.27. The van der Waals surface area contributed by atoms with Crippen LogP contribution in [0.3, 0.4) is 0 Å². The molecule has 0 radical (unpaired) electrons. The third-order valence-corrected chi connectivity index (χ3v) is 3.85. The second-order valence-electron chi connectivity index (χ2n) is 5.11. The zero-order valence-electron chi connectivity index (χ0n) is 11.8. The highest BCUT2D eigenvalue weighted by atomic mass is 16.5. The fourth-order valence-corrected chi connectivity index (χ4v) is 2.67. The standard InChI is InChI=1S/C15H23NO3/c1-10(16-12-5-4-6-13(12)17)11-7-8-14(18-2)15(9-11)19-3/h7-10,12-13,16-17H,4-6H2,1-3H3/t10?,12-,13-/m0/s1. The third kappa shape index (κ3) is 3.19. The molecule has 2 N–H and O–H groups in total. The number of hydrogen-bond donors (Lipinski definition) is 2. The second-order valence-corrected chi connectivity index (χ2v) is 5.11. The van der Waals surface area contributed by atoms with Crippen LogP contribution in [0.1, 0.15) is 37.8 Å². The Kier molecular flexibility index (Phi) is 4.66. The molecule has 1 aliphatic carbocycles. The maximum absolute atomic E-state index is 9.86. The first kappa shape index (κ1) is 14.2. The molecule has 1 aliphatic rings. The summed E-state index contributed by atoms with van der Waals surface area (Å²) in [5.74, 6) is 1.47. The van der Waals surface area contributed by atoms with E-state index in [1.165, 1.54) is 0 Å². The van der Waals surface area contributed by atoms with Gasteiger partial charge in [0.25, 0.3) is 0 Å². The van der Waals surface area contributed by atoms with Crippen LogP contribution in [0.4, 0.5) is 0 Å². The first-order valence-corrected chi connectivity index (χ1v) is 6.81. The van der Waals surface area contributed by atoms with E-state index < -0.39 is 0 Å². The lowest BCUT2D eigenvalue weighted by Crippen LogP contribution is -2.37. The van der Waals surface area contributed by atoms with Crippen molar-refractivity contribution < 1.29 is 14.6 Å². The van der Waals surface area contributed by atoms with Gasteiger partial charge in [-0.1, -0.05) is 6.07 Å². The molecule has 1 aromatic carbocycles. The summed E-state index contributed by atoms with van der Waals surface area (Å²) in [5, 5.41) is 13.3. The van der Waals surface area contributed by atoms with Gasteiger partial charge in [-0.05, 0) is 43.9 Å². The number of aliphatic hydroxyl groups is 1. The van der Waals surface area contributed by atoms with Crippen LogP contribution in [0.25, 0.3) is 0 Å². The van der Waals surface area contributed by atoms with Crippen LogP contribution < -0.4 is 14.8 Å². The Hall–Kier alpha value is -1.26. The van der Waals surface area contributed by atoms with E-state index in [0.29, 0.717) is 0 Å². The molecule has 0 amide bonds. The van der Waals surface area contributed by atoms with Crippen LogP contribution in [0.5, 0.6) is 11.5 Å². The fourth-order valence-electron chi connectivity index (χ4n) is 2.67. The summed E-state index contributed by atoms with van der Waals surface area (Å²) in [6.45, 7) is 2.10. The Balaban J connectivity index is 2.08. The molecule has 0 aliphatic heterocycles. The minimum Gasteiger partial charge on any atom is -0.493 e. The number of hydrogen-bond acceptors (Lipinski definition) is 4. The van der Waals surface area contributed by atoms with Gasteiger partial charge in [0.1, 0.15) is 0 Å². The Bertz CT molecular complexity index is 422. The van der Waals surface area contributed by atoms with Crippen LogP contribution in [0, 0.1) is 0 Å². The Morgan fingerprint density at radius 3 is 2.53 bits per heavy atom. The van der Waals surface area contributed by atoms with Gasteiger partial charge in [0.05, 0.1) is 20.3 Å². The van der Waals surface area contributed by atoms with Crippen LogP contribution in [0.2, 0.25) is 0 Å². The lowest BCUT2D eigenvalue weighted by molar-refractivity contribution is 0.144. The molecule has 0 aromatic heterocycles. The molecule has 2 rings (SSSR count). The molecular formula is C15H23NO3. The summed E-state index contributed by atoms with van der Waals surface area (Å²) >= 11 is 0. The topological polar surface area (TPSA) is 50.7 Å². The third-order valence-electron chi connectivity index (χ3n) is 3.85. The molecule has 0 spiro atoms. The molecule has 1 fully saturated rings. The van der Waals surface area contributed by atoms with Gasteiger partial charge in [-0.25, -0.2) is 0 Å². The van der Waals surface area contributed by atoms with Crippen LogP contribution >= 0.6 is 0 Å². The van der Waals surface area contributed by atoms with Gasteiger partial charge in [0, 0.05) is 12.1 Å². The van der Waals surface area contributed by atoms with Crippen molar-refractivity contribution in [3.8, 4) is 11.5 Å². The van der Waals surface area contributed by atoms with Crippen molar-refractivity contribution in [2.45, 2.75) is 44.4 Å². The van der Waals surface area contributed by atoms with Gasteiger partial charge in [-0.15, -0.1) is 0 Å². The Morgan fingerprint density at radius 2 is 1.95 bits per heavy atom. The highest BCUT2D eigenvalue weighted by molar-refractivity contribution is 5.43. The maximum Gasteiger partial charge on any atom is 0.161 e. The van der Waals surface area contributed by atoms with E-state index in [0.717, 1.165) is 36.3 Å². The van der Waals surface area contributed by atoms with Crippen molar-refractivity contribution in [3.63, 3.8) is 0 Å². The average molecular weight is 265 g/mol. The van der Waals surface area contributed by atoms with Crippen LogP contribution in [0.15, 0.2) is 18.2 Å². The molecule has 4 heteroatoms. The second kappa shape index (κ2) is 6.26. The summed E-state index contributed by atoms with van der Waals surface area (Å²) in [6.07, 6.45) is 2.81. The number of benzene rings is 1. The summed E-state index contributed by atoms with van der Waals surface area (Å²) in [4.78, 5) is 0. The van der Waals surface area contributed by atoms with Crippen LogP contribution in [-0.4, -0.2) is 31.5 Å². The first-order chi connectivity index (χ1) is 9.15. The molecular weight excluding hydrogens is 242 g/mol. The summed E-state index contributed by atoms with van der Waals surface area (Å²) in [6, 6.07) is 6.30. The molecule has 0 heterocycles. The SMILES string of the molecule is COc1ccc(C(C)N[C@H]2CCC[C@@H]2O)cc1OC. The summed E-state index contributed by atoms with van der Waals surface area (Å²) < 4.78 is 10.6. The normalized spacial score (nSPS) is 24.2. The van der Waals surface area contributed by atoms with Gasteiger partial charge in [-0.2, -0.15) is 0 Å². The van der Waals surface area contributed by atoms with Crippen molar-refractivity contribution >= 4 is 0 Å². The Morgan fingerprint density at radius 1 is 1.21 bits per heavy atom. The minimum atomic E-state index is -0.220. The van der Waals surface area contributed by atoms with E-state index in [9.17, 15) is 5.11 Å². The van der Waals surface area contributed by atoms with Gasteiger partial charge < -0.3 is 19.9 Å². The number of ether oxygens (including phenoxy) is 2. The van der Waals surface area contributed by atoms with Gasteiger partial charge in [0.15, 0.2) is 11.5 Å². The quantitative estimate of drug-likeness (QED) is 0.857. The van der Waals surface area contributed by atoms with Crippen molar-refractivity contribution in [1.82, 2.24) is 5.32 Å². The van der Waals surface area contributed by atoms with Crippen LogP contribution in [-0.2, 0) is 0 Å². The largest absolute Gasteiger partial charge is 0.493 e. The minimum absolute atomic E-state index is 0.178. The molecule has 106 valence electrons. The molecule has 0 saturated heterocycles. The number of rotatable bonds is 5. The van der Waals surface area contributed by atoms with Gasteiger partial charge >= 0.3 is 0 Å². The molecule has 1 aromatic rings. The zero-order chi connectivity index (χ0) is 13.8. The number of nitrogens with one attached hydrogen (secondary N) is 1. The van der Waals surface area contributed by atoms with Crippen molar-refractivity contribution in [1.29, 1.82) is 0 Å². The highest BCUT2D eigenvalue weighted by Crippen LogP contribution is 2.30. The molecule has 1 unspecified atom stereocenters. The number of methoxy groups -OCH3 is 2. The Labute approximate surface area is 114 Å². The zero-order valence-corrected chi connectivity index (χ0v) is 11.8. The van der Waals surface area contributed by atoms with E-state index in [2.05, 4.69) is 12.2 Å². The molecule has 19 heavy (non-hydrogen) atoms. The van der Waals surface area contributed by atoms with Gasteiger partial charge in [-0.3, -0.25) is 0 Å². The first-order valence-electron chi connectivity index (χ1n) is 6.81. The molecule has 0 bridgehead atoms. The van der Waals surface area contributed by atoms with E-state index in [1.54, 1.807) is 14.2 Å². The van der Waals surface area contributed by atoms with Crippen molar-refractivity contribution in [3.05, 3.63) is 23.8 Å². The maximum atomic E-state index is 9.86. The lowest BCUT2D eigenvalue weighted by Gasteiger charge is -2.23. The molecule has 1 saturated carbocycles. The van der Waals surface area contributed by atoms with E-state index in [1.807, 2.05) is 18.2 Å². The number of aliphatic hydroxyl groups excluding tert-OH is 1. The average Bonchev–Trinajstić information content (AvgIpc) is 2.83.